The summed E-state index contributed by atoms with van der Waals surface area (Å²) in [5, 5.41) is 2.31. The molecule has 0 aliphatic carbocycles. The van der Waals surface area contributed by atoms with Gasteiger partial charge in [-0.05, 0) is 23.7 Å². The van der Waals surface area contributed by atoms with Gasteiger partial charge in [0, 0.05) is 5.56 Å². The third-order valence-electron chi connectivity index (χ3n) is 2.07. The predicted molar refractivity (Wildman–Crippen MR) is 54.8 cm³/mol. The molecule has 0 bridgehead atoms. The maximum Gasteiger partial charge on any atom is 0.315 e. The van der Waals surface area contributed by atoms with Crippen LogP contribution in [0.3, 0.4) is 0 Å². The SMILES string of the molecule is O=C(Cl)c1ccc(-c2noc(C(F)F)n2)cc1F. The maximum atomic E-state index is 13.4. The average Bonchev–Trinajstić information content (AvgIpc) is 2.77. The summed E-state index contributed by atoms with van der Waals surface area (Å²) in [6, 6.07) is 3.30. The first-order valence-corrected chi connectivity index (χ1v) is 4.98. The van der Waals surface area contributed by atoms with Crippen LogP contribution in [0.4, 0.5) is 13.2 Å². The molecule has 0 aliphatic rings. The number of carbonyl (C=O) groups excluding carboxylic acids is 1. The molecule has 0 aliphatic heterocycles. The predicted octanol–water partition coefficient (Wildman–Crippen LogP) is 3.19. The van der Waals surface area contributed by atoms with Crippen LogP contribution < -0.4 is 0 Å². The number of hydrogen-bond donors (Lipinski definition) is 0. The molecule has 2 rings (SSSR count). The Morgan fingerprint density at radius 2 is 2.11 bits per heavy atom. The smallest absolute Gasteiger partial charge is 0.315 e. The van der Waals surface area contributed by atoms with Crippen molar-refractivity contribution in [2.24, 2.45) is 0 Å². The lowest BCUT2D eigenvalue weighted by molar-refractivity contribution is 0.106. The highest BCUT2D eigenvalue weighted by Crippen LogP contribution is 2.23. The van der Waals surface area contributed by atoms with Crippen LogP contribution >= 0.6 is 11.6 Å². The second-order valence-electron chi connectivity index (χ2n) is 3.23. The zero-order chi connectivity index (χ0) is 13.3. The Bertz CT molecular complexity index is 601. The van der Waals surface area contributed by atoms with Crippen molar-refractivity contribution in [2.45, 2.75) is 6.43 Å². The molecule has 0 spiro atoms. The Morgan fingerprint density at radius 3 is 2.61 bits per heavy atom. The van der Waals surface area contributed by atoms with Gasteiger partial charge in [0.1, 0.15) is 5.82 Å². The molecular weight excluding hydrogens is 273 g/mol. The van der Waals surface area contributed by atoms with Gasteiger partial charge >= 0.3 is 6.43 Å². The summed E-state index contributed by atoms with van der Waals surface area (Å²) in [6.07, 6.45) is -2.90. The minimum atomic E-state index is -2.90. The van der Waals surface area contributed by atoms with Crippen molar-refractivity contribution in [1.82, 2.24) is 10.1 Å². The van der Waals surface area contributed by atoms with E-state index in [4.69, 9.17) is 11.6 Å². The Labute approximate surface area is 103 Å². The zero-order valence-corrected chi connectivity index (χ0v) is 9.29. The molecule has 2 aromatic rings. The summed E-state index contributed by atoms with van der Waals surface area (Å²) in [4.78, 5) is 14.2. The van der Waals surface area contributed by atoms with Crippen LogP contribution in [0.25, 0.3) is 11.4 Å². The van der Waals surface area contributed by atoms with Gasteiger partial charge in [-0.25, -0.2) is 4.39 Å². The fourth-order valence-electron chi connectivity index (χ4n) is 1.25. The summed E-state index contributed by atoms with van der Waals surface area (Å²) in [6.45, 7) is 0. The molecule has 0 saturated heterocycles. The fourth-order valence-corrected chi connectivity index (χ4v) is 1.41. The number of alkyl halides is 2. The van der Waals surface area contributed by atoms with Crippen molar-refractivity contribution < 1.29 is 22.5 Å². The van der Waals surface area contributed by atoms with E-state index in [1.165, 1.54) is 6.07 Å². The third-order valence-corrected chi connectivity index (χ3v) is 2.27. The molecule has 0 saturated carbocycles. The number of nitrogens with zero attached hydrogens (tertiary/aromatic N) is 2. The van der Waals surface area contributed by atoms with Crippen LogP contribution in [0.5, 0.6) is 0 Å². The summed E-state index contributed by atoms with van der Waals surface area (Å²) in [5.74, 6) is -1.95. The average molecular weight is 277 g/mol. The molecule has 0 unspecified atom stereocenters. The molecule has 0 atom stereocenters. The summed E-state index contributed by atoms with van der Waals surface area (Å²) in [5.41, 5.74) is -0.220. The van der Waals surface area contributed by atoms with Gasteiger partial charge in [-0.15, -0.1) is 0 Å². The van der Waals surface area contributed by atoms with Crippen LogP contribution in [-0.2, 0) is 0 Å². The van der Waals surface area contributed by atoms with E-state index in [1.54, 1.807) is 0 Å². The van der Waals surface area contributed by atoms with Crippen LogP contribution in [-0.4, -0.2) is 15.4 Å². The van der Waals surface area contributed by atoms with E-state index < -0.39 is 23.4 Å². The molecule has 0 fully saturated rings. The van der Waals surface area contributed by atoms with Crippen molar-refractivity contribution in [3.05, 3.63) is 35.5 Å². The molecule has 1 aromatic carbocycles. The highest BCUT2D eigenvalue weighted by molar-refractivity contribution is 6.67. The van der Waals surface area contributed by atoms with Crippen molar-refractivity contribution in [3.8, 4) is 11.4 Å². The van der Waals surface area contributed by atoms with Gasteiger partial charge < -0.3 is 4.52 Å². The standard InChI is InChI=1S/C10H4ClF3N2O2/c11-7(17)5-2-1-4(3-6(5)12)9-15-10(8(13)14)18-16-9/h1-3,8H. The van der Waals surface area contributed by atoms with Gasteiger partial charge in [-0.2, -0.15) is 13.8 Å². The molecule has 1 heterocycles. The zero-order valence-electron chi connectivity index (χ0n) is 8.53. The molecule has 18 heavy (non-hydrogen) atoms. The van der Waals surface area contributed by atoms with Gasteiger partial charge in [-0.1, -0.05) is 11.2 Å². The van der Waals surface area contributed by atoms with E-state index in [0.717, 1.165) is 12.1 Å². The van der Waals surface area contributed by atoms with Gasteiger partial charge in [0.25, 0.3) is 11.1 Å². The molecule has 0 amide bonds. The number of halogens is 4. The number of hydrogen-bond acceptors (Lipinski definition) is 4. The number of carbonyl (C=O) groups is 1. The van der Waals surface area contributed by atoms with E-state index in [-0.39, 0.29) is 17.0 Å². The van der Waals surface area contributed by atoms with Gasteiger partial charge in [0.2, 0.25) is 5.82 Å². The van der Waals surface area contributed by atoms with Crippen molar-refractivity contribution in [1.29, 1.82) is 0 Å². The van der Waals surface area contributed by atoms with E-state index >= 15 is 0 Å². The maximum absolute atomic E-state index is 13.4. The normalized spacial score (nSPS) is 10.9. The second kappa shape index (κ2) is 4.77. The first-order valence-electron chi connectivity index (χ1n) is 4.60. The minimum absolute atomic E-state index is 0.102. The van der Waals surface area contributed by atoms with Crippen molar-refractivity contribution in [2.75, 3.05) is 0 Å². The van der Waals surface area contributed by atoms with Crippen LogP contribution in [0.2, 0.25) is 0 Å². The molecule has 1 aromatic heterocycles. The van der Waals surface area contributed by atoms with Gasteiger partial charge in [0.05, 0.1) is 5.56 Å². The molecular formula is C10H4ClF3N2O2. The first-order chi connectivity index (χ1) is 8.49. The monoisotopic (exact) mass is 276 g/mol. The number of aromatic nitrogens is 2. The molecule has 0 radical (unpaired) electrons. The first kappa shape index (κ1) is 12.6. The molecule has 8 heteroatoms. The Balaban J connectivity index is 2.39. The Morgan fingerprint density at radius 1 is 1.39 bits per heavy atom. The number of rotatable bonds is 3. The molecule has 0 N–H and O–H groups in total. The summed E-state index contributed by atoms with van der Waals surface area (Å²) in [7, 11) is 0. The third kappa shape index (κ3) is 2.35. The van der Waals surface area contributed by atoms with Crippen molar-refractivity contribution >= 4 is 16.8 Å². The van der Waals surface area contributed by atoms with Crippen molar-refractivity contribution in [3.63, 3.8) is 0 Å². The highest BCUT2D eigenvalue weighted by atomic mass is 35.5. The lowest BCUT2D eigenvalue weighted by Crippen LogP contribution is -1.95. The van der Waals surface area contributed by atoms with Crippen LogP contribution in [0.1, 0.15) is 22.7 Å². The molecule has 94 valence electrons. The minimum Gasteiger partial charge on any atom is -0.333 e. The Kier molecular flexibility index (Phi) is 3.33. The quantitative estimate of drug-likeness (QED) is 0.808. The largest absolute Gasteiger partial charge is 0.333 e. The van der Waals surface area contributed by atoms with E-state index in [2.05, 4.69) is 14.7 Å². The number of benzene rings is 1. The van der Waals surface area contributed by atoms with Crippen LogP contribution in [0, 0.1) is 5.82 Å². The van der Waals surface area contributed by atoms with E-state index in [0.29, 0.717) is 0 Å². The van der Waals surface area contributed by atoms with E-state index in [1.807, 2.05) is 0 Å². The fraction of sp³-hybridized carbons (Fsp3) is 0.100. The lowest BCUT2D eigenvalue weighted by Gasteiger charge is -1.98. The Hall–Kier alpha value is -1.89. The van der Waals surface area contributed by atoms with Gasteiger partial charge in [-0.3, -0.25) is 4.79 Å². The lowest BCUT2D eigenvalue weighted by atomic mass is 10.1. The summed E-state index contributed by atoms with van der Waals surface area (Å²) < 4.78 is 42.1. The topological polar surface area (TPSA) is 56.0 Å². The second-order valence-corrected chi connectivity index (χ2v) is 3.57. The highest BCUT2D eigenvalue weighted by Gasteiger charge is 2.18. The van der Waals surface area contributed by atoms with E-state index in [9.17, 15) is 18.0 Å². The summed E-state index contributed by atoms with van der Waals surface area (Å²) >= 11 is 5.12. The molecule has 4 nitrogen and oxygen atoms in total. The van der Waals surface area contributed by atoms with Crippen LogP contribution in [0.15, 0.2) is 22.7 Å². The van der Waals surface area contributed by atoms with Gasteiger partial charge in [0.15, 0.2) is 0 Å².